The molecule has 3 atom stereocenters. The molecule has 1 saturated carbocycles. The van der Waals surface area contributed by atoms with Gasteiger partial charge in [0, 0.05) is 11.3 Å². The van der Waals surface area contributed by atoms with Crippen LogP contribution in [-0.4, -0.2) is 21.2 Å². The number of carboxylic acid groups (broad SMARTS) is 1. The van der Waals surface area contributed by atoms with Gasteiger partial charge >= 0.3 is 5.97 Å². The number of para-hydroxylation sites is 1. The fraction of sp³-hybridized carbons (Fsp3) is 0.500. The number of aliphatic carboxylic acids is 1. The van der Waals surface area contributed by atoms with Crippen LogP contribution in [0.4, 0.5) is 5.69 Å². The number of benzene rings is 1. The van der Waals surface area contributed by atoms with Gasteiger partial charge in [-0.2, -0.15) is 0 Å². The maximum Gasteiger partial charge on any atom is 0.307 e. The van der Waals surface area contributed by atoms with Gasteiger partial charge < -0.3 is 5.11 Å². The molecular weight excluding hydrogens is 278 g/mol. The third-order valence-corrected chi connectivity index (χ3v) is 5.13. The van der Waals surface area contributed by atoms with Crippen LogP contribution >= 0.6 is 11.8 Å². The van der Waals surface area contributed by atoms with Gasteiger partial charge in [0.1, 0.15) is 0 Å². The largest absolute Gasteiger partial charge is 0.481 e. The molecule has 0 bridgehead atoms. The van der Waals surface area contributed by atoms with E-state index in [1.54, 1.807) is 18.2 Å². The number of hydrogen-bond acceptors (Lipinski definition) is 4. The van der Waals surface area contributed by atoms with Gasteiger partial charge in [0.05, 0.1) is 15.7 Å². The lowest BCUT2D eigenvalue weighted by Crippen LogP contribution is -2.32. The molecule has 1 aliphatic carbocycles. The molecule has 2 rings (SSSR count). The van der Waals surface area contributed by atoms with Crippen molar-refractivity contribution >= 4 is 23.4 Å². The van der Waals surface area contributed by atoms with Crippen LogP contribution in [0.2, 0.25) is 0 Å². The van der Waals surface area contributed by atoms with Crippen molar-refractivity contribution in [1.29, 1.82) is 0 Å². The summed E-state index contributed by atoms with van der Waals surface area (Å²) in [6.45, 7) is 2.10. The van der Waals surface area contributed by atoms with Crippen molar-refractivity contribution < 1.29 is 14.8 Å². The third kappa shape index (κ3) is 3.30. The van der Waals surface area contributed by atoms with E-state index < -0.39 is 16.8 Å². The lowest BCUT2D eigenvalue weighted by molar-refractivity contribution is -0.387. The molecule has 20 heavy (non-hydrogen) atoms. The fourth-order valence-electron chi connectivity index (χ4n) is 2.61. The zero-order chi connectivity index (χ0) is 14.7. The molecule has 0 aliphatic heterocycles. The van der Waals surface area contributed by atoms with Crippen LogP contribution in [0.15, 0.2) is 29.2 Å². The van der Waals surface area contributed by atoms with Crippen molar-refractivity contribution in [2.75, 3.05) is 0 Å². The molecule has 6 heteroatoms. The molecule has 1 N–H and O–H groups in total. The lowest BCUT2D eigenvalue weighted by Gasteiger charge is -2.31. The summed E-state index contributed by atoms with van der Waals surface area (Å²) in [6, 6.07) is 6.53. The van der Waals surface area contributed by atoms with Crippen LogP contribution in [0.3, 0.4) is 0 Å². The van der Waals surface area contributed by atoms with Gasteiger partial charge in [-0.15, -0.1) is 11.8 Å². The van der Waals surface area contributed by atoms with Gasteiger partial charge in [-0.3, -0.25) is 14.9 Å². The summed E-state index contributed by atoms with van der Waals surface area (Å²) in [4.78, 5) is 22.5. The predicted octanol–water partition coefficient (Wildman–Crippen LogP) is 3.58. The van der Waals surface area contributed by atoms with E-state index in [0.29, 0.717) is 17.2 Å². The zero-order valence-corrected chi connectivity index (χ0v) is 12.0. The van der Waals surface area contributed by atoms with Gasteiger partial charge in [-0.05, 0) is 31.2 Å². The standard InChI is InChI=1S/C14H17NO4S/c1-9-6-7-10(14(16)17)13(8-9)20-12-5-3-2-4-11(12)15(18)19/h2-5,9-10,13H,6-8H2,1H3,(H,16,17). The highest BCUT2D eigenvalue weighted by atomic mass is 32.2. The Morgan fingerprint density at radius 2 is 2.10 bits per heavy atom. The van der Waals surface area contributed by atoms with Crippen LogP contribution in [0.5, 0.6) is 0 Å². The first-order valence-electron chi connectivity index (χ1n) is 6.62. The summed E-state index contributed by atoms with van der Waals surface area (Å²) in [5.74, 6) is -0.755. The fourth-order valence-corrected chi connectivity index (χ4v) is 4.20. The molecule has 1 aromatic rings. The average Bonchev–Trinajstić information content (AvgIpc) is 2.38. The Hall–Kier alpha value is -1.56. The molecule has 3 unspecified atom stereocenters. The van der Waals surface area contributed by atoms with Crippen molar-refractivity contribution in [3.8, 4) is 0 Å². The Morgan fingerprint density at radius 3 is 2.75 bits per heavy atom. The molecule has 1 aliphatic rings. The van der Waals surface area contributed by atoms with Gasteiger partial charge in [0.25, 0.3) is 5.69 Å². The molecule has 0 spiro atoms. The highest BCUT2D eigenvalue weighted by molar-refractivity contribution is 8.00. The number of carbonyl (C=O) groups is 1. The van der Waals surface area contributed by atoms with E-state index in [1.165, 1.54) is 17.8 Å². The molecule has 108 valence electrons. The molecule has 0 amide bonds. The Labute approximate surface area is 121 Å². The predicted molar refractivity (Wildman–Crippen MR) is 76.9 cm³/mol. The SMILES string of the molecule is CC1CCC(C(=O)O)C(Sc2ccccc2[N+](=O)[O-])C1. The van der Waals surface area contributed by atoms with E-state index in [2.05, 4.69) is 6.92 Å². The molecule has 5 nitrogen and oxygen atoms in total. The number of nitrogens with zero attached hydrogens (tertiary/aromatic N) is 1. The van der Waals surface area contributed by atoms with Crippen molar-refractivity contribution in [2.24, 2.45) is 11.8 Å². The summed E-state index contributed by atoms with van der Waals surface area (Å²) in [5, 5.41) is 20.2. The average molecular weight is 295 g/mol. The van der Waals surface area contributed by atoms with Crippen LogP contribution in [0.25, 0.3) is 0 Å². The van der Waals surface area contributed by atoms with E-state index in [0.717, 1.165) is 12.8 Å². The minimum Gasteiger partial charge on any atom is -0.481 e. The maximum atomic E-state index is 11.3. The second-order valence-electron chi connectivity index (χ2n) is 5.24. The molecule has 0 saturated heterocycles. The van der Waals surface area contributed by atoms with Crippen LogP contribution in [-0.2, 0) is 4.79 Å². The van der Waals surface area contributed by atoms with Crippen molar-refractivity contribution in [3.63, 3.8) is 0 Å². The summed E-state index contributed by atoms with van der Waals surface area (Å²) in [7, 11) is 0. The second-order valence-corrected chi connectivity index (χ2v) is 6.53. The Kier molecular flexibility index (Phi) is 4.65. The third-order valence-electron chi connectivity index (χ3n) is 3.71. The summed E-state index contributed by atoms with van der Waals surface area (Å²) >= 11 is 1.34. The Balaban J connectivity index is 2.22. The van der Waals surface area contributed by atoms with Crippen molar-refractivity contribution in [1.82, 2.24) is 0 Å². The first kappa shape index (κ1) is 14.8. The summed E-state index contributed by atoms with van der Waals surface area (Å²) in [6.07, 6.45) is 2.34. The topological polar surface area (TPSA) is 80.4 Å². The highest BCUT2D eigenvalue weighted by Crippen LogP contribution is 2.42. The monoisotopic (exact) mass is 295 g/mol. The zero-order valence-electron chi connectivity index (χ0n) is 11.2. The van der Waals surface area contributed by atoms with E-state index in [1.807, 2.05) is 0 Å². The molecule has 1 aromatic carbocycles. The number of nitro benzene ring substituents is 1. The molecule has 1 fully saturated rings. The first-order valence-corrected chi connectivity index (χ1v) is 7.50. The van der Waals surface area contributed by atoms with E-state index >= 15 is 0 Å². The van der Waals surface area contributed by atoms with E-state index in [4.69, 9.17) is 0 Å². The van der Waals surface area contributed by atoms with Gasteiger partial charge in [0.2, 0.25) is 0 Å². The van der Waals surface area contributed by atoms with Crippen LogP contribution in [0, 0.1) is 22.0 Å². The Morgan fingerprint density at radius 1 is 1.40 bits per heavy atom. The van der Waals surface area contributed by atoms with E-state index in [9.17, 15) is 20.0 Å². The minimum absolute atomic E-state index is 0.0554. The number of rotatable bonds is 4. The molecule has 0 aromatic heterocycles. The van der Waals surface area contributed by atoms with Gasteiger partial charge in [-0.1, -0.05) is 19.1 Å². The summed E-state index contributed by atoms with van der Waals surface area (Å²) in [5.41, 5.74) is 0.0554. The van der Waals surface area contributed by atoms with E-state index in [-0.39, 0.29) is 10.9 Å². The van der Waals surface area contributed by atoms with Crippen molar-refractivity contribution in [2.45, 2.75) is 36.3 Å². The quantitative estimate of drug-likeness (QED) is 0.678. The maximum absolute atomic E-state index is 11.3. The first-order chi connectivity index (χ1) is 9.49. The van der Waals surface area contributed by atoms with Crippen LogP contribution < -0.4 is 0 Å². The number of hydrogen-bond donors (Lipinski definition) is 1. The lowest BCUT2D eigenvalue weighted by atomic mass is 9.82. The highest BCUT2D eigenvalue weighted by Gasteiger charge is 2.35. The Bertz CT molecular complexity index is 520. The second kappa shape index (κ2) is 6.26. The molecular formula is C14H17NO4S. The number of nitro groups is 1. The molecule has 0 heterocycles. The van der Waals surface area contributed by atoms with Gasteiger partial charge in [-0.25, -0.2) is 0 Å². The number of thioether (sulfide) groups is 1. The number of carboxylic acids is 1. The van der Waals surface area contributed by atoms with Crippen LogP contribution in [0.1, 0.15) is 26.2 Å². The summed E-state index contributed by atoms with van der Waals surface area (Å²) < 4.78 is 0. The molecule has 0 radical (unpaired) electrons. The minimum atomic E-state index is -0.798. The van der Waals surface area contributed by atoms with Crippen molar-refractivity contribution in [3.05, 3.63) is 34.4 Å². The normalized spacial score (nSPS) is 26.1. The van der Waals surface area contributed by atoms with Gasteiger partial charge in [0.15, 0.2) is 0 Å². The smallest absolute Gasteiger partial charge is 0.307 e.